The van der Waals surface area contributed by atoms with Crippen LogP contribution in [0.5, 0.6) is 0 Å². The largest absolute Gasteiger partial charge is 0.462 e. The predicted octanol–water partition coefficient (Wildman–Crippen LogP) is 0.400. The molecule has 0 N–H and O–H groups in total. The van der Waals surface area contributed by atoms with E-state index in [1.165, 1.54) is 22.1 Å². The van der Waals surface area contributed by atoms with Gasteiger partial charge in [0, 0.05) is 18.1 Å². The van der Waals surface area contributed by atoms with Gasteiger partial charge in [-0.25, -0.2) is 14.5 Å². The third-order valence-corrected chi connectivity index (χ3v) is 5.99. The third-order valence-electron chi connectivity index (χ3n) is 5.99. The Morgan fingerprint density at radius 1 is 1.27 bits per heavy atom. The number of fused-ring (bicyclic) bond motifs is 6. The number of likely N-dealkylation sites (tertiary alicyclic amines) is 1. The maximum Gasteiger partial charge on any atom is 0.396 e. The number of urea groups is 1. The Hall–Kier alpha value is -4.00. The molecule has 3 saturated heterocycles. The summed E-state index contributed by atoms with van der Waals surface area (Å²) in [6, 6.07) is 6.25. The van der Waals surface area contributed by atoms with Gasteiger partial charge >= 0.3 is 17.9 Å². The van der Waals surface area contributed by atoms with Gasteiger partial charge in [0.25, 0.3) is 5.91 Å². The Balaban J connectivity index is 1.55. The van der Waals surface area contributed by atoms with E-state index in [2.05, 4.69) is 15.8 Å². The summed E-state index contributed by atoms with van der Waals surface area (Å²) in [5, 5.41) is 9.84. The number of nitrogens with zero attached hydrogens (tertiary/aromatic N) is 5. The van der Waals surface area contributed by atoms with E-state index in [0.717, 1.165) is 12.0 Å². The van der Waals surface area contributed by atoms with Gasteiger partial charge in [-0.15, -0.1) is 0 Å². The Kier molecular flexibility index (Phi) is 3.76. The van der Waals surface area contributed by atoms with Crippen LogP contribution in [0, 0.1) is 11.3 Å². The van der Waals surface area contributed by atoms with Crippen molar-refractivity contribution in [1.29, 1.82) is 5.26 Å². The average molecular weight is 405 g/mol. The molecule has 0 radical (unpaired) electrons. The summed E-state index contributed by atoms with van der Waals surface area (Å²) >= 11 is 0. The first-order valence-corrected chi connectivity index (χ1v) is 9.31. The Labute approximate surface area is 170 Å². The number of esters is 1. The minimum Gasteiger partial charge on any atom is -0.462 e. The lowest BCUT2D eigenvalue weighted by molar-refractivity contribution is -0.160. The first-order valence-electron chi connectivity index (χ1n) is 9.31. The van der Waals surface area contributed by atoms with E-state index in [1.807, 2.05) is 0 Å². The smallest absolute Gasteiger partial charge is 0.396 e. The Morgan fingerprint density at radius 2 is 2.07 bits per heavy atom. The van der Waals surface area contributed by atoms with Gasteiger partial charge in [-0.05, 0) is 30.7 Å². The van der Waals surface area contributed by atoms with E-state index in [-0.39, 0.29) is 12.6 Å². The van der Waals surface area contributed by atoms with Gasteiger partial charge in [-0.2, -0.15) is 5.26 Å². The van der Waals surface area contributed by atoms with Crippen LogP contribution in [0.25, 0.3) is 10.9 Å². The van der Waals surface area contributed by atoms with E-state index in [9.17, 15) is 24.4 Å². The minimum atomic E-state index is -0.994. The van der Waals surface area contributed by atoms with Crippen molar-refractivity contribution in [2.45, 2.75) is 24.5 Å². The van der Waals surface area contributed by atoms with Gasteiger partial charge in [-0.1, -0.05) is 0 Å². The number of ether oxygens (including phenoxy) is 1. The van der Waals surface area contributed by atoms with Crippen molar-refractivity contribution in [3.63, 3.8) is 0 Å². The van der Waals surface area contributed by atoms with Gasteiger partial charge in [0.1, 0.15) is 12.1 Å². The molecule has 3 atom stereocenters. The number of carbonyl (C=O) groups excluding carboxylic acids is 4. The van der Waals surface area contributed by atoms with Gasteiger partial charge in [0.05, 0.1) is 36.0 Å². The SMILES string of the molecule is COC(=O)C(=O)N1C[C@H]2CC1C1C(=O)N(c3ccc(C#N)c4ncccc34)C(=O)N12. The molecule has 30 heavy (non-hydrogen) atoms. The summed E-state index contributed by atoms with van der Waals surface area (Å²) in [5.74, 6) is -2.27. The standard InChI is InChI=1S/C20H15N5O5/c1-30-19(28)18(27)23-9-11-7-14(23)16-17(26)25(20(29)24(11)16)13-5-4-10(8-21)15-12(13)3-2-6-22-15/h2-6,11,14,16H,7,9H2,1H3/t11-,14?,16?/m1/s1. The maximum absolute atomic E-state index is 13.3. The van der Waals surface area contributed by atoms with Crippen molar-refractivity contribution < 1.29 is 23.9 Å². The molecule has 2 bridgehead atoms. The fourth-order valence-corrected chi connectivity index (χ4v) is 4.76. The summed E-state index contributed by atoms with van der Waals surface area (Å²) in [6.45, 7) is 0.178. The number of rotatable bonds is 1. The molecule has 1 aromatic carbocycles. The molecular formula is C20H15N5O5. The number of benzene rings is 1. The molecule has 3 aliphatic heterocycles. The summed E-state index contributed by atoms with van der Waals surface area (Å²) in [6.07, 6.45) is 1.98. The molecule has 2 unspecified atom stereocenters. The molecule has 0 saturated carbocycles. The molecule has 1 aromatic heterocycles. The predicted molar refractivity (Wildman–Crippen MR) is 101 cm³/mol. The van der Waals surface area contributed by atoms with Crippen molar-refractivity contribution in [3.8, 4) is 6.07 Å². The average Bonchev–Trinajstić information content (AvgIpc) is 3.43. The zero-order valence-corrected chi connectivity index (χ0v) is 15.8. The molecule has 4 amide bonds. The lowest BCUT2D eigenvalue weighted by atomic mass is 10.1. The van der Waals surface area contributed by atoms with Crippen LogP contribution in [0.3, 0.4) is 0 Å². The number of anilines is 1. The molecule has 150 valence electrons. The fourth-order valence-electron chi connectivity index (χ4n) is 4.76. The topological polar surface area (TPSA) is 124 Å². The minimum absolute atomic E-state index is 0.178. The van der Waals surface area contributed by atoms with E-state index in [4.69, 9.17) is 0 Å². The molecule has 2 aromatic rings. The van der Waals surface area contributed by atoms with Crippen LogP contribution < -0.4 is 4.90 Å². The first kappa shape index (κ1) is 18.1. The normalized spacial score (nSPS) is 24.4. The van der Waals surface area contributed by atoms with Crippen molar-refractivity contribution >= 4 is 40.4 Å². The number of hydrogen-bond acceptors (Lipinski definition) is 7. The summed E-state index contributed by atoms with van der Waals surface area (Å²) in [5.41, 5.74) is 1.08. The molecule has 10 heteroatoms. The number of carbonyl (C=O) groups is 4. The zero-order valence-electron chi connectivity index (χ0n) is 15.8. The number of hydrogen-bond donors (Lipinski definition) is 0. The highest BCUT2D eigenvalue weighted by molar-refractivity contribution is 6.33. The van der Waals surface area contributed by atoms with Gasteiger partial charge in [0.2, 0.25) is 0 Å². The summed E-state index contributed by atoms with van der Waals surface area (Å²) in [4.78, 5) is 58.7. The maximum atomic E-state index is 13.3. The second-order valence-electron chi connectivity index (χ2n) is 7.36. The van der Waals surface area contributed by atoms with Crippen LogP contribution in [0.15, 0.2) is 30.5 Å². The van der Waals surface area contributed by atoms with Crippen LogP contribution in [-0.2, 0) is 19.1 Å². The molecule has 0 aliphatic carbocycles. The number of nitriles is 1. The van der Waals surface area contributed by atoms with E-state index >= 15 is 0 Å². The molecule has 3 fully saturated rings. The summed E-state index contributed by atoms with van der Waals surface area (Å²) < 4.78 is 4.51. The van der Waals surface area contributed by atoms with Crippen molar-refractivity contribution in [2.75, 3.05) is 18.6 Å². The lowest BCUT2D eigenvalue weighted by Gasteiger charge is -2.34. The second kappa shape index (κ2) is 6.25. The molecular weight excluding hydrogens is 390 g/mol. The highest BCUT2D eigenvalue weighted by atomic mass is 16.5. The van der Waals surface area contributed by atoms with Crippen molar-refractivity contribution in [3.05, 3.63) is 36.0 Å². The highest BCUT2D eigenvalue weighted by Gasteiger charge is 2.63. The van der Waals surface area contributed by atoms with E-state index in [1.54, 1.807) is 18.2 Å². The fraction of sp³-hybridized carbons (Fsp3) is 0.300. The van der Waals surface area contributed by atoms with Crippen LogP contribution in [-0.4, -0.2) is 70.4 Å². The monoisotopic (exact) mass is 405 g/mol. The Morgan fingerprint density at radius 3 is 2.80 bits per heavy atom. The molecule has 4 heterocycles. The van der Waals surface area contributed by atoms with Crippen LogP contribution in [0.2, 0.25) is 0 Å². The van der Waals surface area contributed by atoms with Crippen molar-refractivity contribution in [1.82, 2.24) is 14.8 Å². The number of methoxy groups -OCH3 is 1. The molecule has 5 rings (SSSR count). The molecule has 0 spiro atoms. The van der Waals surface area contributed by atoms with E-state index in [0.29, 0.717) is 28.6 Å². The van der Waals surface area contributed by atoms with Gasteiger partial charge in [0.15, 0.2) is 0 Å². The van der Waals surface area contributed by atoms with E-state index < -0.39 is 35.9 Å². The molecule has 3 aliphatic rings. The number of pyridine rings is 1. The third kappa shape index (κ3) is 2.20. The van der Waals surface area contributed by atoms with Crippen LogP contribution >= 0.6 is 0 Å². The second-order valence-corrected chi connectivity index (χ2v) is 7.36. The zero-order chi connectivity index (χ0) is 21.2. The van der Waals surface area contributed by atoms with Gasteiger partial charge < -0.3 is 14.5 Å². The van der Waals surface area contributed by atoms with Crippen LogP contribution in [0.1, 0.15) is 12.0 Å². The highest BCUT2D eigenvalue weighted by Crippen LogP contribution is 2.43. The molecule has 10 nitrogen and oxygen atoms in total. The summed E-state index contributed by atoms with van der Waals surface area (Å²) in [7, 11) is 1.12. The number of amides is 4. The van der Waals surface area contributed by atoms with Crippen molar-refractivity contribution in [2.24, 2.45) is 0 Å². The lowest BCUT2D eigenvalue weighted by Crippen LogP contribution is -2.56. The number of piperazine rings is 1. The van der Waals surface area contributed by atoms with Gasteiger partial charge in [-0.3, -0.25) is 14.6 Å². The Bertz CT molecular complexity index is 1190. The first-order chi connectivity index (χ1) is 14.5. The van der Waals surface area contributed by atoms with Crippen LogP contribution in [0.4, 0.5) is 10.5 Å². The number of aromatic nitrogens is 1. The number of imide groups is 1. The quantitative estimate of drug-likeness (QED) is 0.382.